The largest absolute Gasteiger partial charge is 0.326 e. The molecule has 0 unspecified atom stereocenters. The molecule has 2 aromatic carbocycles. The Morgan fingerprint density at radius 2 is 1.62 bits per heavy atom. The molecule has 0 bridgehead atoms. The lowest BCUT2D eigenvalue weighted by Crippen LogP contribution is -2.34. The minimum Gasteiger partial charge on any atom is -0.326 e. The Morgan fingerprint density at radius 1 is 0.962 bits per heavy atom. The fraction of sp³-hybridized carbons (Fsp3) is 0.435. The summed E-state index contributed by atoms with van der Waals surface area (Å²) in [5, 5.41) is 2.98. The molecular formula is C23H30N2O. The summed E-state index contributed by atoms with van der Waals surface area (Å²) in [6, 6.07) is 20.5. The number of piperidine rings is 1. The number of benzene rings is 2. The summed E-state index contributed by atoms with van der Waals surface area (Å²) < 4.78 is 0. The number of likely N-dealkylation sites (tertiary alicyclic amines) is 1. The van der Waals surface area contributed by atoms with E-state index in [2.05, 4.69) is 40.5 Å². The summed E-state index contributed by atoms with van der Waals surface area (Å²) in [5.74, 6) is 0.836. The Morgan fingerprint density at radius 3 is 2.31 bits per heavy atom. The second-order valence-corrected chi connectivity index (χ2v) is 7.33. The average molecular weight is 351 g/mol. The lowest BCUT2D eigenvalue weighted by molar-refractivity contribution is -0.116. The number of amides is 1. The van der Waals surface area contributed by atoms with Gasteiger partial charge in [-0.25, -0.2) is 0 Å². The third kappa shape index (κ3) is 6.30. The van der Waals surface area contributed by atoms with Crippen LogP contribution in [0, 0.1) is 5.92 Å². The molecular weight excluding hydrogens is 320 g/mol. The molecule has 26 heavy (non-hydrogen) atoms. The number of carbonyl (C=O) groups is 1. The number of nitrogens with zero attached hydrogens (tertiary/aromatic N) is 1. The lowest BCUT2D eigenvalue weighted by atomic mass is 9.92. The van der Waals surface area contributed by atoms with Gasteiger partial charge >= 0.3 is 0 Å². The van der Waals surface area contributed by atoms with E-state index in [0.29, 0.717) is 12.3 Å². The van der Waals surface area contributed by atoms with Gasteiger partial charge in [-0.05, 0) is 75.4 Å². The van der Waals surface area contributed by atoms with Crippen molar-refractivity contribution in [1.82, 2.24) is 4.90 Å². The standard InChI is InChI=1S/C23H30N2O/c26-23(24-22-11-5-2-6-12-22)14-13-21-15-18-25(19-16-21)17-7-10-20-8-3-1-4-9-20/h1-6,8-9,11-12,21H,7,10,13-19H2,(H,24,26). The summed E-state index contributed by atoms with van der Waals surface area (Å²) in [6.07, 6.45) is 6.49. The predicted octanol–water partition coefficient (Wildman–Crippen LogP) is 4.75. The summed E-state index contributed by atoms with van der Waals surface area (Å²) in [7, 11) is 0. The molecule has 1 fully saturated rings. The number of hydrogen-bond acceptors (Lipinski definition) is 2. The van der Waals surface area contributed by atoms with Gasteiger partial charge in [0.15, 0.2) is 0 Å². The first kappa shape index (κ1) is 18.7. The van der Waals surface area contributed by atoms with Crippen LogP contribution in [0.3, 0.4) is 0 Å². The molecule has 3 rings (SSSR count). The van der Waals surface area contributed by atoms with Gasteiger partial charge in [0.05, 0.1) is 0 Å². The molecule has 0 radical (unpaired) electrons. The number of rotatable bonds is 8. The van der Waals surface area contributed by atoms with Gasteiger partial charge in [-0.15, -0.1) is 0 Å². The molecule has 0 atom stereocenters. The maximum absolute atomic E-state index is 12.1. The van der Waals surface area contributed by atoms with Crippen molar-refractivity contribution in [2.24, 2.45) is 5.92 Å². The summed E-state index contributed by atoms with van der Waals surface area (Å²) in [5.41, 5.74) is 2.33. The SMILES string of the molecule is O=C(CCC1CCN(CCCc2ccccc2)CC1)Nc1ccccc1. The molecule has 138 valence electrons. The number of nitrogens with one attached hydrogen (secondary N) is 1. The van der Waals surface area contributed by atoms with E-state index >= 15 is 0 Å². The summed E-state index contributed by atoms with van der Waals surface area (Å²) >= 11 is 0. The van der Waals surface area contributed by atoms with Crippen LogP contribution in [0.5, 0.6) is 0 Å². The molecule has 2 aromatic rings. The third-order valence-corrected chi connectivity index (χ3v) is 5.33. The van der Waals surface area contributed by atoms with Crippen LogP contribution in [0.1, 0.15) is 37.7 Å². The zero-order valence-electron chi connectivity index (χ0n) is 15.6. The first-order valence-electron chi connectivity index (χ1n) is 9.91. The van der Waals surface area contributed by atoms with Crippen LogP contribution >= 0.6 is 0 Å². The van der Waals surface area contributed by atoms with Crippen molar-refractivity contribution in [2.75, 3.05) is 25.0 Å². The number of anilines is 1. The van der Waals surface area contributed by atoms with Gasteiger partial charge in [0, 0.05) is 12.1 Å². The summed E-state index contributed by atoms with van der Waals surface area (Å²) in [6.45, 7) is 3.55. The zero-order valence-corrected chi connectivity index (χ0v) is 15.6. The van der Waals surface area contributed by atoms with Gasteiger partial charge in [0.25, 0.3) is 0 Å². The molecule has 3 nitrogen and oxygen atoms in total. The van der Waals surface area contributed by atoms with Gasteiger partial charge in [0.1, 0.15) is 0 Å². The van der Waals surface area contributed by atoms with Crippen molar-refractivity contribution in [3.05, 3.63) is 66.2 Å². The van der Waals surface area contributed by atoms with Crippen LogP contribution in [0.2, 0.25) is 0 Å². The van der Waals surface area contributed by atoms with E-state index in [1.165, 1.54) is 50.9 Å². The quantitative estimate of drug-likeness (QED) is 0.745. The molecule has 0 aromatic heterocycles. The van der Waals surface area contributed by atoms with Crippen LogP contribution in [-0.4, -0.2) is 30.4 Å². The first-order chi connectivity index (χ1) is 12.8. The molecule has 1 aliphatic rings. The Hall–Kier alpha value is -2.13. The highest BCUT2D eigenvalue weighted by molar-refractivity contribution is 5.90. The van der Waals surface area contributed by atoms with Crippen LogP contribution in [0.25, 0.3) is 0 Å². The van der Waals surface area contributed by atoms with Gasteiger partial charge in [-0.3, -0.25) is 4.79 Å². The second-order valence-electron chi connectivity index (χ2n) is 7.33. The molecule has 1 aliphatic heterocycles. The van der Waals surface area contributed by atoms with Crippen molar-refractivity contribution in [3.8, 4) is 0 Å². The predicted molar refractivity (Wildman–Crippen MR) is 108 cm³/mol. The maximum atomic E-state index is 12.1. The first-order valence-corrected chi connectivity index (χ1v) is 9.91. The molecule has 0 aliphatic carbocycles. The van der Waals surface area contributed by atoms with E-state index in [1.54, 1.807) is 0 Å². The fourth-order valence-electron chi connectivity index (χ4n) is 3.73. The topological polar surface area (TPSA) is 32.3 Å². The Kier molecular flexibility index (Phi) is 7.26. The minimum absolute atomic E-state index is 0.140. The van der Waals surface area contributed by atoms with E-state index in [0.717, 1.165) is 12.1 Å². The Balaban J connectivity index is 1.28. The van der Waals surface area contributed by atoms with Crippen LogP contribution in [0.15, 0.2) is 60.7 Å². The van der Waals surface area contributed by atoms with Crippen molar-refractivity contribution >= 4 is 11.6 Å². The molecule has 0 spiro atoms. The number of hydrogen-bond donors (Lipinski definition) is 1. The molecule has 1 saturated heterocycles. The highest BCUT2D eigenvalue weighted by Gasteiger charge is 2.19. The highest BCUT2D eigenvalue weighted by atomic mass is 16.1. The lowest BCUT2D eigenvalue weighted by Gasteiger charge is -2.31. The highest BCUT2D eigenvalue weighted by Crippen LogP contribution is 2.22. The monoisotopic (exact) mass is 350 g/mol. The van der Waals surface area contributed by atoms with Crippen molar-refractivity contribution in [2.45, 2.75) is 38.5 Å². The van der Waals surface area contributed by atoms with Crippen LogP contribution in [-0.2, 0) is 11.2 Å². The van der Waals surface area contributed by atoms with Crippen LogP contribution in [0.4, 0.5) is 5.69 Å². The zero-order chi connectivity index (χ0) is 18.0. The van der Waals surface area contributed by atoms with Crippen molar-refractivity contribution in [1.29, 1.82) is 0 Å². The van der Waals surface area contributed by atoms with Gasteiger partial charge in [-0.1, -0.05) is 48.5 Å². The van der Waals surface area contributed by atoms with Crippen molar-refractivity contribution in [3.63, 3.8) is 0 Å². The van der Waals surface area contributed by atoms with Crippen LogP contribution < -0.4 is 5.32 Å². The number of para-hydroxylation sites is 1. The number of carbonyl (C=O) groups excluding carboxylic acids is 1. The van der Waals surface area contributed by atoms with Gasteiger partial charge in [-0.2, -0.15) is 0 Å². The Bertz CT molecular complexity index is 648. The normalized spacial score (nSPS) is 15.7. The van der Waals surface area contributed by atoms with E-state index < -0.39 is 0 Å². The second kappa shape index (κ2) is 10.1. The molecule has 1 N–H and O–H groups in total. The molecule has 1 heterocycles. The minimum atomic E-state index is 0.140. The van der Waals surface area contributed by atoms with Crippen molar-refractivity contribution < 1.29 is 4.79 Å². The summed E-state index contributed by atoms with van der Waals surface area (Å²) in [4.78, 5) is 14.7. The smallest absolute Gasteiger partial charge is 0.224 e. The molecule has 3 heteroatoms. The van der Waals surface area contributed by atoms with E-state index in [9.17, 15) is 4.79 Å². The van der Waals surface area contributed by atoms with E-state index in [1.807, 2.05) is 30.3 Å². The van der Waals surface area contributed by atoms with E-state index in [4.69, 9.17) is 0 Å². The Labute approximate surface area is 157 Å². The molecule has 0 saturated carbocycles. The maximum Gasteiger partial charge on any atom is 0.224 e. The van der Waals surface area contributed by atoms with E-state index in [-0.39, 0.29) is 5.91 Å². The number of aryl methyl sites for hydroxylation is 1. The third-order valence-electron chi connectivity index (χ3n) is 5.33. The average Bonchev–Trinajstić information content (AvgIpc) is 2.69. The fourth-order valence-corrected chi connectivity index (χ4v) is 3.73. The van der Waals surface area contributed by atoms with Gasteiger partial charge < -0.3 is 10.2 Å². The van der Waals surface area contributed by atoms with Gasteiger partial charge in [0.2, 0.25) is 5.91 Å². The molecule has 1 amide bonds.